The standard InChI is InChI=1S/C15H32.CH6N4O/c1-3-5-7-9-11-13-15-14-12-10-8-6-4-2;2-1(6)5(3)4/h3-15H2,1-2H3;3-4H2,(H2,2,6). The Morgan fingerprint density at radius 1 is 0.667 bits per heavy atom. The minimum Gasteiger partial charge on any atom is -0.349 e. The molecular weight excluding hydrogens is 264 g/mol. The van der Waals surface area contributed by atoms with Crippen molar-refractivity contribution >= 4 is 6.03 Å². The molecule has 0 radical (unpaired) electrons. The van der Waals surface area contributed by atoms with E-state index in [2.05, 4.69) is 31.3 Å². The molecule has 5 heteroatoms. The fourth-order valence-corrected chi connectivity index (χ4v) is 2.09. The largest absolute Gasteiger partial charge is 0.349 e. The molecule has 0 fully saturated rings. The maximum absolute atomic E-state index is 9.60. The van der Waals surface area contributed by atoms with Gasteiger partial charge < -0.3 is 5.73 Å². The van der Waals surface area contributed by atoms with E-state index < -0.39 is 6.03 Å². The first-order valence-corrected chi connectivity index (χ1v) is 8.65. The minimum atomic E-state index is -0.852. The molecule has 0 aromatic rings. The van der Waals surface area contributed by atoms with Crippen LogP contribution in [-0.2, 0) is 0 Å². The van der Waals surface area contributed by atoms with Crippen molar-refractivity contribution < 1.29 is 4.79 Å². The molecule has 5 nitrogen and oxygen atoms in total. The molecule has 0 saturated carbocycles. The average molecular weight is 303 g/mol. The molecule has 0 aromatic heterocycles. The van der Waals surface area contributed by atoms with Crippen LogP contribution in [-0.4, -0.2) is 11.1 Å². The van der Waals surface area contributed by atoms with Gasteiger partial charge >= 0.3 is 6.03 Å². The molecule has 0 rings (SSSR count). The van der Waals surface area contributed by atoms with Gasteiger partial charge in [0.2, 0.25) is 0 Å². The number of rotatable bonds is 12. The van der Waals surface area contributed by atoms with Crippen LogP contribution < -0.4 is 17.4 Å². The van der Waals surface area contributed by atoms with E-state index in [-0.39, 0.29) is 0 Å². The van der Waals surface area contributed by atoms with E-state index in [4.69, 9.17) is 0 Å². The molecule has 0 aliphatic heterocycles. The Morgan fingerprint density at radius 3 is 1.00 bits per heavy atom. The summed E-state index contributed by atoms with van der Waals surface area (Å²) in [7, 11) is 0. The third-order valence-electron chi connectivity index (χ3n) is 3.46. The number of nitrogens with zero attached hydrogens (tertiary/aromatic N) is 1. The average Bonchev–Trinajstić information content (AvgIpc) is 2.45. The number of urea groups is 1. The predicted molar refractivity (Wildman–Crippen MR) is 91.2 cm³/mol. The molecule has 0 saturated heterocycles. The van der Waals surface area contributed by atoms with Gasteiger partial charge in [-0.1, -0.05) is 97.3 Å². The van der Waals surface area contributed by atoms with Crippen LogP contribution in [0.5, 0.6) is 0 Å². The molecule has 0 spiro atoms. The van der Waals surface area contributed by atoms with E-state index >= 15 is 0 Å². The van der Waals surface area contributed by atoms with Crippen LogP contribution >= 0.6 is 0 Å². The lowest BCUT2D eigenvalue weighted by Crippen LogP contribution is -2.46. The van der Waals surface area contributed by atoms with Crippen LogP contribution in [0.25, 0.3) is 0 Å². The molecule has 0 atom stereocenters. The lowest BCUT2D eigenvalue weighted by Gasteiger charge is -2.01. The van der Waals surface area contributed by atoms with Crippen molar-refractivity contribution in [2.75, 3.05) is 0 Å². The van der Waals surface area contributed by atoms with Crippen LogP contribution in [0.1, 0.15) is 97.3 Å². The summed E-state index contributed by atoms with van der Waals surface area (Å²) in [5.74, 6) is 9.14. The molecule has 0 aliphatic rings. The highest BCUT2D eigenvalue weighted by atomic mass is 16.2. The van der Waals surface area contributed by atoms with Crippen molar-refractivity contribution in [3.63, 3.8) is 0 Å². The van der Waals surface area contributed by atoms with Gasteiger partial charge in [0.25, 0.3) is 0 Å². The summed E-state index contributed by atoms with van der Waals surface area (Å²) < 4.78 is 0. The Balaban J connectivity index is 0. The zero-order chi connectivity index (χ0) is 16.3. The normalized spacial score (nSPS) is 9.90. The van der Waals surface area contributed by atoms with Crippen molar-refractivity contribution in [2.24, 2.45) is 17.4 Å². The van der Waals surface area contributed by atoms with Crippen molar-refractivity contribution in [3.8, 4) is 0 Å². The topological polar surface area (TPSA) is 98.4 Å². The Kier molecular flexibility index (Phi) is 20.5. The van der Waals surface area contributed by atoms with Crippen LogP contribution in [0.4, 0.5) is 4.79 Å². The summed E-state index contributed by atoms with van der Waals surface area (Å²) in [5, 5.41) is 0.306. The zero-order valence-corrected chi connectivity index (χ0v) is 14.3. The second-order valence-corrected chi connectivity index (χ2v) is 5.63. The molecule has 0 bridgehead atoms. The van der Waals surface area contributed by atoms with Crippen LogP contribution in [0.15, 0.2) is 0 Å². The molecule has 21 heavy (non-hydrogen) atoms. The summed E-state index contributed by atoms with van der Waals surface area (Å²) in [6.45, 7) is 4.58. The second-order valence-electron chi connectivity index (χ2n) is 5.63. The first-order chi connectivity index (χ1) is 10.1. The number of carbonyl (C=O) groups excluding carboxylic acids is 1. The van der Waals surface area contributed by atoms with E-state index in [1.807, 2.05) is 0 Å². The summed E-state index contributed by atoms with van der Waals surface area (Å²) in [6, 6.07) is -0.852. The van der Waals surface area contributed by atoms with Crippen molar-refractivity contribution in [3.05, 3.63) is 0 Å². The fraction of sp³-hybridized carbons (Fsp3) is 0.938. The highest BCUT2D eigenvalue weighted by molar-refractivity contribution is 5.70. The first-order valence-electron chi connectivity index (χ1n) is 8.65. The van der Waals surface area contributed by atoms with Crippen LogP contribution in [0.3, 0.4) is 0 Å². The summed E-state index contributed by atoms with van der Waals surface area (Å²) >= 11 is 0. The number of primary amides is 1. The smallest absolute Gasteiger partial charge is 0.343 e. The number of carbonyl (C=O) groups is 1. The molecule has 0 heterocycles. The number of unbranched alkanes of at least 4 members (excludes halogenated alkanes) is 12. The van der Waals surface area contributed by atoms with E-state index in [1.54, 1.807) is 0 Å². The van der Waals surface area contributed by atoms with Crippen LogP contribution in [0.2, 0.25) is 0 Å². The lowest BCUT2D eigenvalue weighted by molar-refractivity contribution is 0.210. The van der Waals surface area contributed by atoms with Gasteiger partial charge in [-0.2, -0.15) is 5.12 Å². The molecule has 6 N–H and O–H groups in total. The quantitative estimate of drug-likeness (QED) is 0.218. The Morgan fingerprint density at radius 2 is 0.857 bits per heavy atom. The number of amides is 2. The Bertz CT molecular complexity index is 198. The van der Waals surface area contributed by atoms with Crippen LogP contribution in [0, 0.1) is 0 Å². The second kappa shape index (κ2) is 19.2. The van der Waals surface area contributed by atoms with Gasteiger partial charge in [0.1, 0.15) is 0 Å². The minimum absolute atomic E-state index is 0.306. The Hall–Kier alpha value is -0.810. The third kappa shape index (κ3) is 24.6. The number of hydrogen-bond acceptors (Lipinski definition) is 3. The van der Waals surface area contributed by atoms with E-state index in [0.29, 0.717) is 5.12 Å². The van der Waals surface area contributed by atoms with Gasteiger partial charge in [0.15, 0.2) is 0 Å². The molecule has 0 unspecified atom stereocenters. The van der Waals surface area contributed by atoms with E-state index in [0.717, 1.165) is 0 Å². The molecule has 2 amide bonds. The maximum Gasteiger partial charge on any atom is 0.343 e. The van der Waals surface area contributed by atoms with Crippen molar-refractivity contribution in [1.82, 2.24) is 5.12 Å². The first kappa shape index (κ1) is 22.5. The fourth-order valence-electron chi connectivity index (χ4n) is 2.09. The predicted octanol–water partition coefficient (Wildman–Crippen LogP) is 4.21. The van der Waals surface area contributed by atoms with Crippen molar-refractivity contribution in [1.29, 1.82) is 0 Å². The SMILES string of the molecule is CCCCCCCCCCCCCCC.NC(=O)N(N)N. The third-order valence-corrected chi connectivity index (χ3v) is 3.46. The van der Waals surface area contributed by atoms with Gasteiger partial charge in [-0.3, -0.25) is 0 Å². The van der Waals surface area contributed by atoms with E-state index in [9.17, 15) is 4.79 Å². The van der Waals surface area contributed by atoms with Gasteiger partial charge in [-0.05, 0) is 0 Å². The summed E-state index contributed by atoms with van der Waals surface area (Å²) in [6.07, 6.45) is 18.9. The number of hydrazine groups is 2. The lowest BCUT2D eigenvalue weighted by atomic mass is 10.1. The number of nitrogens with two attached hydrogens (primary N) is 3. The van der Waals surface area contributed by atoms with Gasteiger partial charge in [-0.25, -0.2) is 16.5 Å². The highest BCUT2D eigenvalue weighted by Gasteiger charge is 1.92. The van der Waals surface area contributed by atoms with Gasteiger partial charge in [0, 0.05) is 0 Å². The van der Waals surface area contributed by atoms with Gasteiger partial charge in [-0.15, -0.1) is 0 Å². The molecule has 0 aliphatic carbocycles. The number of hydrogen-bond donors (Lipinski definition) is 3. The van der Waals surface area contributed by atoms with E-state index in [1.165, 1.54) is 83.5 Å². The molecule has 0 aromatic carbocycles. The maximum atomic E-state index is 9.60. The summed E-state index contributed by atoms with van der Waals surface area (Å²) in [4.78, 5) is 9.60. The molecular formula is C16H38N4O. The monoisotopic (exact) mass is 302 g/mol. The van der Waals surface area contributed by atoms with Crippen molar-refractivity contribution in [2.45, 2.75) is 97.3 Å². The Labute approximate surface area is 131 Å². The zero-order valence-electron chi connectivity index (χ0n) is 14.3. The van der Waals surface area contributed by atoms with Gasteiger partial charge in [0.05, 0.1) is 0 Å². The highest BCUT2D eigenvalue weighted by Crippen LogP contribution is 2.12. The molecule has 128 valence electrons. The summed E-state index contributed by atoms with van der Waals surface area (Å²) in [5.41, 5.74) is 4.47.